The van der Waals surface area contributed by atoms with Crippen LogP contribution in [-0.4, -0.2) is 35.8 Å². The molecule has 4 nitrogen and oxygen atoms in total. The number of hydrogen-bond acceptors (Lipinski definition) is 2. The monoisotopic (exact) mass is 232 g/mol. The highest BCUT2D eigenvalue weighted by Crippen LogP contribution is 2.11. The van der Waals surface area contributed by atoms with Crippen molar-refractivity contribution in [2.45, 2.75) is 19.4 Å². The Morgan fingerprint density at radius 2 is 1.94 bits per heavy atom. The molecule has 2 amide bonds. The van der Waals surface area contributed by atoms with Crippen molar-refractivity contribution in [1.29, 1.82) is 0 Å². The average Bonchev–Trinajstić information content (AvgIpc) is 2.23. The first-order valence-corrected chi connectivity index (χ1v) is 5.74. The first-order valence-electron chi connectivity index (χ1n) is 5.74. The average molecular weight is 232 g/mol. The summed E-state index contributed by atoms with van der Waals surface area (Å²) in [5.74, 6) is 0.0861. The van der Waals surface area contributed by atoms with E-state index in [1.54, 1.807) is 4.90 Å². The van der Waals surface area contributed by atoms with Crippen LogP contribution in [0, 0.1) is 0 Å². The number of nitrogens with zero attached hydrogens (tertiary/aromatic N) is 1. The van der Waals surface area contributed by atoms with Crippen LogP contribution < -0.4 is 5.32 Å². The van der Waals surface area contributed by atoms with E-state index in [-0.39, 0.29) is 17.9 Å². The van der Waals surface area contributed by atoms with Crippen LogP contribution in [0.3, 0.4) is 0 Å². The van der Waals surface area contributed by atoms with Crippen LogP contribution in [-0.2, 0) is 16.0 Å². The van der Waals surface area contributed by atoms with Crippen LogP contribution in [0.1, 0.15) is 12.5 Å². The van der Waals surface area contributed by atoms with Gasteiger partial charge in [-0.1, -0.05) is 30.3 Å². The van der Waals surface area contributed by atoms with Gasteiger partial charge in [-0.3, -0.25) is 9.59 Å². The maximum Gasteiger partial charge on any atom is 0.227 e. The molecule has 1 aromatic carbocycles. The van der Waals surface area contributed by atoms with E-state index >= 15 is 0 Å². The van der Waals surface area contributed by atoms with E-state index in [0.717, 1.165) is 5.56 Å². The maximum atomic E-state index is 11.8. The van der Waals surface area contributed by atoms with Gasteiger partial charge in [0.2, 0.25) is 11.8 Å². The van der Waals surface area contributed by atoms with Gasteiger partial charge in [0.05, 0.1) is 12.5 Å². The molecular formula is C13H16N2O2. The lowest BCUT2D eigenvalue weighted by Crippen LogP contribution is -2.60. The predicted molar refractivity (Wildman–Crippen MR) is 64.3 cm³/mol. The van der Waals surface area contributed by atoms with E-state index in [4.69, 9.17) is 0 Å². The first kappa shape index (κ1) is 11.6. The largest absolute Gasteiger partial charge is 0.350 e. The number of nitrogens with one attached hydrogen (secondary N) is 1. The van der Waals surface area contributed by atoms with Crippen molar-refractivity contribution in [3.05, 3.63) is 35.9 Å². The molecule has 0 bridgehead atoms. The van der Waals surface area contributed by atoms with Gasteiger partial charge < -0.3 is 10.2 Å². The molecule has 4 heteroatoms. The molecule has 1 N–H and O–H groups in total. The summed E-state index contributed by atoms with van der Waals surface area (Å²) in [6.07, 6.45) is 0.438. The fourth-order valence-electron chi connectivity index (χ4n) is 1.94. The predicted octanol–water partition coefficient (Wildman–Crippen LogP) is 0.576. The molecule has 17 heavy (non-hydrogen) atoms. The third kappa shape index (κ3) is 3.06. The van der Waals surface area contributed by atoms with Gasteiger partial charge in [0.25, 0.3) is 0 Å². The van der Waals surface area contributed by atoms with Gasteiger partial charge in [-0.25, -0.2) is 0 Å². The van der Waals surface area contributed by atoms with Gasteiger partial charge in [-0.15, -0.1) is 0 Å². The van der Waals surface area contributed by atoms with Gasteiger partial charge in [0, 0.05) is 20.0 Å². The molecule has 0 atom stereocenters. The summed E-state index contributed by atoms with van der Waals surface area (Å²) in [5.41, 5.74) is 1.03. The lowest BCUT2D eigenvalue weighted by atomic mass is 10.1. The van der Waals surface area contributed by atoms with E-state index in [9.17, 15) is 9.59 Å². The zero-order valence-corrected chi connectivity index (χ0v) is 9.85. The topological polar surface area (TPSA) is 49.4 Å². The zero-order valence-electron chi connectivity index (χ0n) is 9.85. The van der Waals surface area contributed by atoms with Crippen LogP contribution in [0.15, 0.2) is 30.3 Å². The Hall–Kier alpha value is -1.84. The molecule has 1 heterocycles. The minimum absolute atomic E-state index is 0.0369. The van der Waals surface area contributed by atoms with Gasteiger partial charge in [0.15, 0.2) is 0 Å². The second-order valence-electron chi connectivity index (χ2n) is 4.36. The molecule has 1 aliphatic rings. The Kier molecular flexibility index (Phi) is 3.42. The van der Waals surface area contributed by atoms with Crippen molar-refractivity contribution < 1.29 is 9.59 Å². The van der Waals surface area contributed by atoms with Gasteiger partial charge in [0.1, 0.15) is 0 Å². The highest BCUT2D eigenvalue weighted by Gasteiger charge is 2.30. The highest BCUT2D eigenvalue weighted by atomic mass is 16.2. The van der Waals surface area contributed by atoms with E-state index in [1.807, 2.05) is 30.3 Å². The Labute approximate surface area is 101 Å². The number of carbonyl (C=O) groups excluding carboxylic acids is 2. The molecular weight excluding hydrogens is 216 g/mol. The van der Waals surface area contributed by atoms with Crippen molar-refractivity contribution in [3.8, 4) is 0 Å². The Morgan fingerprint density at radius 3 is 2.53 bits per heavy atom. The molecule has 1 saturated heterocycles. The molecule has 1 fully saturated rings. The first-order chi connectivity index (χ1) is 8.15. The molecule has 1 aromatic rings. The summed E-state index contributed by atoms with van der Waals surface area (Å²) in [6, 6.07) is 9.82. The van der Waals surface area contributed by atoms with Crippen molar-refractivity contribution in [2.24, 2.45) is 0 Å². The maximum absolute atomic E-state index is 11.8. The second kappa shape index (κ2) is 4.99. The SMILES string of the molecule is CC(=O)NC1CN(C(=O)Cc2ccccc2)C1. The molecule has 1 aliphatic heterocycles. The lowest BCUT2D eigenvalue weighted by molar-refractivity contribution is -0.137. The second-order valence-corrected chi connectivity index (χ2v) is 4.36. The quantitative estimate of drug-likeness (QED) is 0.828. The van der Waals surface area contributed by atoms with E-state index in [2.05, 4.69) is 5.32 Å². The van der Waals surface area contributed by atoms with E-state index in [0.29, 0.717) is 19.5 Å². The van der Waals surface area contributed by atoms with Crippen LogP contribution in [0.4, 0.5) is 0 Å². The van der Waals surface area contributed by atoms with Crippen molar-refractivity contribution in [1.82, 2.24) is 10.2 Å². The lowest BCUT2D eigenvalue weighted by Gasteiger charge is -2.39. The number of benzene rings is 1. The zero-order chi connectivity index (χ0) is 12.3. The summed E-state index contributed by atoms with van der Waals surface area (Å²) in [4.78, 5) is 24.4. The number of carbonyl (C=O) groups is 2. The number of likely N-dealkylation sites (tertiary alicyclic amines) is 1. The third-order valence-electron chi connectivity index (χ3n) is 2.84. The van der Waals surface area contributed by atoms with Gasteiger partial charge in [-0.2, -0.15) is 0 Å². The minimum atomic E-state index is -0.0369. The molecule has 0 spiro atoms. The van der Waals surface area contributed by atoms with Gasteiger partial charge >= 0.3 is 0 Å². The molecule has 0 saturated carbocycles. The highest BCUT2D eigenvalue weighted by molar-refractivity contribution is 5.80. The number of rotatable bonds is 3. The fourth-order valence-corrected chi connectivity index (χ4v) is 1.94. The third-order valence-corrected chi connectivity index (χ3v) is 2.84. The summed E-state index contributed by atoms with van der Waals surface area (Å²) in [7, 11) is 0. The van der Waals surface area contributed by atoms with Gasteiger partial charge in [-0.05, 0) is 5.56 Å². The summed E-state index contributed by atoms with van der Waals surface area (Å²) in [5, 5.41) is 2.80. The van der Waals surface area contributed by atoms with Crippen LogP contribution in [0.2, 0.25) is 0 Å². The molecule has 90 valence electrons. The van der Waals surface area contributed by atoms with E-state index in [1.165, 1.54) is 6.92 Å². The van der Waals surface area contributed by atoms with Crippen molar-refractivity contribution >= 4 is 11.8 Å². The molecule has 0 unspecified atom stereocenters. The standard InChI is InChI=1S/C13H16N2O2/c1-10(16)14-12-8-15(9-12)13(17)7-11-5-3-2-4-6-11/h2-6,12H,7-9H2,1H3,(H,14,16). The summed E-state index contributed by atoms with van der Waals surface area (Å²) >= 11 is 0. The Morgan fingerprint density at radius 1 is 1.29 bits per heavy atom. The molecule has 0 aromatic heterocycles. The van der Waals surface area contributed by atoms with Crippen molar-refractivity contribution in [2.75, 3.05) is 13.1 Å². The van der Waals surface area contributed by atoms with Crippen molar-refractivity contribution in [3.63, 3.8) is 0 Å². The molecule has 0 aliphatic carbocycles. The molecule has 2 rings (SSSR count). The minimum Gasteiger partial charge on any atom is -0.350 e. The summed E-state index contributed by atoms with van der Waals surface area (Å²) < 4.78 is 0. The van der Waals surface area contributed by atoms with E-state index < -0.39 is 0 Å². The fraction of sp³-hybridized carbons (Fsp3) is 0.385. The number of amides is 2. The molecule has 0 radical (unpaired) electrons. The normalized spacial score (nSPS) is 15.2. The Bertz CT molecular complexity index is 411. The van der Waals surface area contributed by atoms with Crippen LogP contribution in [0.5, 0.6) is 0 Å². The van der Waals surface area contributed by atoms with Crippen LogP contribution >= 0.6 is 0 Å². The van der Waals surface area contributed by atoms with Crippen LogP contribution in [0.25, 0.3) is 0 Å². The Balaban J connectivity index is 1.78. The smallest absolute Gasteiger partial charge is 0.227 e. The summed E-state index contributed by atoms with van der Waals surface area (Å²) in [6.45, 7) is 2.75. The number of hydrogen-bond donors (Lipinski definition) is 1.